The van der Waals surface area contributed by atoms with Crippen molar-refractivity contribution in [3.8, 4) is 0 Å². The first kappa shape index (κ1) is 15.9. The summed E-state index contributed by atoms with van der Waals surface area (Å²) in [5.74, 6) is -0.365. The summed E-state index contributed by atoms with van der Waals surface area (Å²) in [5.41, 5.74) is 1.25. The molecule has 0 aromatic carbocycles. The van der Waals surface area contributed by atoms with Gasteiger partial charge in [-0.2, -0.15) is 0 Å². The Morgan fingerprint density at radius 2 is 1.50 bits per heavy atom. The monoisotopic (exact) mass is 332 g/mol. The molecular formula is C19H25FN2O2. The smallest absolute Gasteiger partial charge is 0.280 e. The van der Waals surface area contributed by atoms with E-state index >= 15 is 0 Å². The third kappa shape index (κ3) is 2.78. The lowest BCUT2D eigenvalue weighted by atomic mass is 9.44. The minimum Gasteiger partial charge on any atom is -0.347 e. The van der Waals surface area contributed by atoms with Crippen molar-refractivity contribution in [1.29, 1.82) is 0 Å². The molecule has 5 fully saturated rings. The van der Waals surface area contributed by atoms with Crippen LogP contribution < -0.4 is 10.6 Å². The molecule has 2 bridgehead atoms. The standard InChI is InChI=1S/C19H25FN2O2/c1-11(13-3-4-13)7-15(23)21-18-8-19(9-18,10-18)22-17(24)16(20)12(2)14-5-6-14/h7,13-14H,3-6,8-10H2,1-2H3,(H,21,23)(H,22,24)/b11-7+,16-12-. The topological polar surface area (TPSA) is 58.2 Å². The fourth-order valence-corrected chi connectivity index (χ4v) is 4.38. The van der Waals surface area contributed by atoms with E-state index in [1.165, 1.54) is 12.8 Å². The minimum atomic E-state index is -0.608. The molecule has 5 rings (SSSR count). The maximum absolute atomic E-state index is 14.1. The summed E-state index contributed by atoms with van der Waals surface area (Å²) < 4.78 is 14.1. The molecule has 2 N–H and O–H groups in total. The Bertz CT molecular complexity index is 651. The van der Waals surface area contributed by atoms with E-state index in [1.54, 1.807) is 13.0 Å². The molecule has 5 aliphatic carbocycles. The highest BCUT2D eigenvalue weighted by Crippen LogP contribution is 2.60. The van der Waals surface area contributed by atoms with Gasteiger partial charge in [-0.25, -0.2) is 4.39 Å². The molecule has 130 valence electrons. The molecule has 0 saturated heterocycles. The van der Waals surface area contributed by atoms with Crippen molar-refractivity contribution in [2.75, 3.05) is 0 Å². The molecule has 4 nitrogen and oxygen atoms in total. The predicted octanol–water partition coefficient (Wildman–Crippen LogP) is 2.90. The lowest BCUT2D eigenvalue weighted by molar-refractivity contribution is -0.146. The molecule has 5 saturated carbocycles. The number of halogens is 1. The zero-order valence-electron chi connectivity index (χ0n) is 14.4. The Balaban J connectivity index is 1.28. The van der Waals surface area contributed by atoms with Gasteiger partial charge in [-0.05, 0) is 76.2 Å². The van der Waals surface area contributed by atoms with Crippen molar-refractivity contribution in [1.82, 2.24) is 10.6 Å². The van der Waals surface area contributed by atoms with Gasteiger partial charge in [0.1, 0.15) is 0 Å². The number of rotatable bonds is 6. The number of allylic oxidation sites excluding steroid dienone is 2. The highest BCUT2D eigenvalue weighted by Gasteiger charge is 2.69. The van der Waals surface area contributed by atoms with Gasteiger partial charge in [0.25, 0.3) is 5.91 Å². The molecule has 2 amide bonds. The first-order valence-electron chi connectivity index (χ1n) is 9.01. The Hall–Kier alpha value is -1.65. The van der Waals surface area contributed by atoms with E-state index in [1.807, 2.05) is 6.92 Å². The van der Waals surface area contributed by atoms with E-state index in [9.17, 15) is 14.0 Å². The summed E-state index contributed by atoms with van der Waals surface area (Å²) >= 11 is 0. The zero-order chi connectivity index (χ0) is 17.1. The Kier molecular flexibility index (Phi) is 3.42. The highest BCUT2D eigenvalue weighted by atomic mass is 19.1. The third-order valence-corrected chi connectivity index (χ3v) is 6.11. The van der Waals surface area contributed by atoms with Gasteiger partial charge in [0.15, 0.2) is 5.83 Å². The second kappa shape index (κ2) is 5.17. The highest BCUT2D eigenvalue weighted by molar-refractivity contribution is 5.93. The summed E-state index contributed by atoms with van der Waals surface area (Å²) in [6, 6.07) is 0. The van der Waals surface area contributed by atoms with Gasteiger partial charge >= 0.3 is 0 Å². The summed E-state index contributed by atoms with van der Waals surface area (Å²) in [7, 11) is 0. The number of nitrogens with one attached hydrogen (secondary N) is 2. The van der Waals surface area contributed by atoms with Crippen LogP contribution >= 0.6 is 0 Å². The number of hydrogen-bond donors (Lipinski definition) is 2. The van der Waals surface area contributed by atoms with Crippen LogP contribution in [0.15, 0.2) is 23.0 Å². The summed E-state index contributed by atoms with van der Waals surface area (Å²) in [4.78, 5) is 24.1. The Labute approximate surface area is 141 Å². The maximum Gasteiger partial charge on any atom is 0.280 e. The van der Waals surface area contributed by atoms with Gasteiger partial charge < -0.3 is 10.6 Å². The molecule has 24 heavy (non-hydrogen) atoms. The largest absolute Gasteiger partial charge is 0.347 e. The molecule has 0 heterocycles. The van der Waals surface area contributed by atoms with Crippen LogP contribution in [0.4, 0.5) is 4.39 Å². The minimum absolute atomic E-state index is 0.0327. The SMILES string of the molecule is C/C(=C(/F)C(=O)NC12CC(NC(=O)/C=C(\C)C3CC3)(C1)C2)C1CC1. The number of carbonyl (C=O) groups excluding carboxylic acids is 2. The van der Waals surface area contributed by atoms with Crippen molar-refractivity contribution in [2.45, 2.75) is 69.9 Å². The fraction of sp³-hybridized carbons (Fsp3) is 0.684. The van der Waals surface area contributed by atoms with Crippen molar-refractivity contribution < 1.29 is 14.0 Å². The molecule has 0 spiro atoms. The summed E-state index contributed by atoms with van der Waals surface area (Å²) in [6.07, 6.45) is 8.20. The zero-order valence-corrected chi connectivity index (χ0v) is 14.4. The molecular weight excluding hydrogens is 307 g/mol. The first-order chi connectivity index (χ1) is 11.3. The predicted molar refractivity (Wildman–Crippen MR) is 88.6 cm³/mol. The van der Waals surface area contributed by atoms with E-state index in [0.717, 1.165) is 18.4 Å². The molecule has 0 aromatic heterocycles. The molecule has 0 aliphatic heterocycles. The third-order valence-electron chi connectivity index (χ3n) is 6.11. The number of hydrogen-bond acceptors (Lipinski definition) is 2. The van der Waals surface area contributed by atoms with Gasteiger partial charge in [-0.15, -0.1) is 0 Å². The van der Waals surface area contributed by atoms with Crippen LogP contribution in [0.2, 0.25) is 0 Å². The van der Waals surface area contributed by atoms with Crippen LogP contribution in [-0.4, -0.2) is 22.9 Å². The average Bonchev–Trinajstić information content (AvgIpc) is 3.33. The van der Waals surface area contributed by atoms with E-state index < -0.39 is 11.7 Å². The Morgan fingerprint density at radius 1 is 0.958 bits per heavy atom. The molecule has 5 heteroatoms. The van der Waals surface area contributed by atoms with E-state index in [-0.39, 0.29) is 22.9 Å². The van der Waals surface area contributed by atoms with Gasteiger partial charge in [0.2, 0.25) is 5.91 Å². The molecule has 5 aliphatic rings. The van der Waals surface area contributed by atoms with Crippen LogP contribution in [0.1, 0.15) is 58.8 Å². The molecule has 0 unspecified atom stereocenters. The summed E-state index contributed by atoms with van der Waals surface area (Å²) in [6.45, 7) is 3.73. The van der Waals surface area contributed by atoms with Gasteiger partial charge in [-0.1, -0.05) is 5.57 Å². The summed E-state index contributed by atoms with van der Waals surface area (Å²) in [5, 5.41) is 5.93. The number of amides is 2. The average molecular weight is 332 g/mol. The maximum atomic E-state index is 14.1. The Morgan fingerprint density at radius 3 is 2.04 bits per heavy atom. The van der Waals surface area contributed by atoms with Crippen molar-refractivity contribution in [3.05, 3.63) is 23.0 Å². The van der Waals surface area contributed by atoms with Crippen LogP contribution in [-0.2, 0) is 9.59 Å². The second-order valence-corrected chi connectivity index (χ2v) is 8.47. The van der Waals surface area contributed by atoms with Crippen LogP contribution in [0.5, 0.6) is 0 Å². The number of carbonyl (C=O) groups is 2. The van der Waals surface area contributed by atoms with Crippen LogP contribution in [0.25, 0.3) is 0 Å². The van der Waals surface area contributed by atoms with Crippen molar-refractivity contribution in [2.24, 2.45) is 11.8 Å². The van der Waals surface area contributed by atoms with Crippen LogP contribution in [0.3, 0.4) is 0 Å². The first-order valence-corrected chi connectivity index (χ1v) is 9.01. The van der Waals surface area contributed by atoms with Gasteiger partial charge in [-0.3, -0.25) is 9.59 Å². The molecule has 0 atom stereocenters. The normalized spacial score (nSPS) is 35.4. The molecule has 0 radical (unpaired) electrons. The lowest BCUT2D eigenvalue weighted by Crippen LogP contribution is -2.83. The van der Waals surface area contributed by atoms with Gasteiger partial charge in [0.05, 0.1) is 0 Å². The van der Waals surface area contributed by atoms with Gasteiger partial charge in [0, 0.05) is 17.2 Å². The van der Waals surface area contributed by atoms with E-state index in [2.05, 4.69) is 10.6 Å². The fourth-order valence-electron chi connectivity index (χ4n) is 4.38. The second-order valence-electron chi connectivity index (χ2n) is 8.47. The van der Waals surface area contributed by atoms with Crippen molar-refractivity contribution in [3.63, 3.8) is 0 Å². The lowest BCUT2D eigenvalue weighted by Gasteiger charge is -2.70. The van der Waals surface area contributed by atoms with E-state index in [0.29, 0.717) is 30.8 Å². The van der Waals surface area contributed by atoms with E-state index in [4.69, 9.17) is 0 Å². The van der Waals surface area contributed by atoms with Crippen molar-refractivity contribution >= 4 is 11.8 Å². The molecule has 0 aromatic rings. The van der Waals surface area contributed by atoms with Crippen LogP contribution in [0, 0.1) is 11.8 Å². The quantitative estimate of drug-likeness (QED) is 0.735.